The maximum atomic E-state index is 13.2. The van der Waals surface area contributed by atoms with E-state index in [1.165, 1.54) is 122 Å². The van der Waals surface area contributed by atoms with E-state index in [0.29, 0.717) is 61.1 Å². The van der Waals surface area contributed by atoms with Crippen molar-refractivity contribution in [3.8, 4) is 0 Å². The van der Waals surface area contributed by atoms with E-state index >= 15 is 0 Å². The molecule has 0 spiro atoms. The summed E-state index contributed by atoms with van der Waals surface area (Å²) in [5.74, 6) is 4.03. The van der Waals surface area contributed by atoms with Crippen molar-refractivity contribution in [2.75, 3.05) is 12.4 Å². The second-order valence-corrected chi connectivity index (χ2v) is 18.3. The van der Waals surface area contributed by atoms with Crippen molar-refractivity contribution in [1.29, 1.82) is 0 Å². The largest absolute Gasteiger partial charge is 0.466 e. The summed E-state index contributed by atoms with van der Waals surface area (Å²) in [7, 11) is 0. The number of esters is 2. The minimum absolute atomic E-state index is 0.0267. The van der Waals surface area contributed by atoms with Gasteiger partial charge in [-0.15, -0.1) is 0 Å². The van der Waals surface area contributed by atoms with Crippen molar-refractivity contribution >= 4 is 29.5 Å². The average Bonchev–Trinajstić information content (AvgIpc) is 3.15. The molecule has 0 saturated heterocycles. The number of carbonyl (C=O) groups is 3. The van der Waals surface area contributed by atoms with Crippen molar-refractivity contribution in [3.63, 3.8) is 0 Å². The molecule has 0 aromatic carbocycles. The Kier molecular flexibility index (Phi) is 24.7. The van der Waals surface area contributed by atoms with E-state index in [9.17, 15) is 14.4 Å². The highest BCUT2D eigenvalue weighted by Crippen LogP contribution is 2.34. The second kappa shape index (κ2) is 28.4. The van der Waals surface area contributed by atoms with Crippen molar-refractivity contribution in [3.05, 3.63) is 0 Å². The second-order valence-electron chi connectivity index (χ2n) is 16.9. The molecular weight excluding hydrogens is 653 g/mol. The predicted octanol–water partition coefficient (Wildman–Crippen LogP) is 13.1. The molecule has 3 rings (SSSR count). The van der Waals surface area contributed by atoms with Gasteiger partial charge in [-0.2, -0.15) is 11.8 Å². The molecule has 51 heavy (non-hydrogen) atoms. The van der Waals surface area contributed by atoms with Gasteiger partial charge in [-0.3, -0.25) is 14.4 Å². The van der Waals surface area contributed by atoms with E-state index in [1.54, 1.807) is 0 Å². The highest BCUT2D eigenvalue weighted by Gasteiger charge is 2.29. The van der Waals surface area contributed by atoms with Crippen LogP contribution in [0.2, 0.25) is 0 Å². The van der Waals surface area contributed by atoms with E-state index < -0.39 is 0 Å². The van der Waals surface area contributed by atoms with Crippen LogP contribution >= 0.6 is 11.8 Å². The van der Waals surface area contributed by atoms with Crippen LogP contribution in [0.25, 0.3) is 0 Å². The highest BCUT2D eigenvalue weighted by molar-refractivity contribution is 7.99. The number of unbranched alkanes of at least 4 members (excludes halogenated alkanes) is 4. The molecule has 3 aliphatic carbocycles. The monoisotopic (exact) mass is 733 g/mol. The zero-order valence-corrected chi connectivity index (χ0v) is 34.3. The molecule has 0 aromatic rings. The molecule has 3 aliphatic rings. The first-order valence-electron chi connectivity index (χ1n) is 22.4. The Labute approximate surface area is 319 Å². The van der Waals surface area contributed by atoms with E-state index in [1.807, 2.05) is 11.8 Å². The Morgan fingerprint density at radius 1 is 0.569 bits per heavy atom. The molecule has 0 heterocycles. The number of ether oxygens (including phenoxy) is 2. The molecule has 5 nitrogen and oxygen atoms in total. The van der Waals surface area contributed by atoms with E-state index in [-0.39, 0.29) is 18.0 Å². The van der Waals surface area contributed by atoms with Gasteiger partial charge in [-0.1, -0.05) is 136 Å². The molecule has 6 heteroatoms. The summed E-state index contributed by atoms with van der Waals surface area (Å²) in [6.07, 6.45) is 36.0. The third kappa shape index (κ3) is 20.9. The summed E-state index contributed by atoms with van der Waals surface area (Å²) >= 11 is 2.04. The Morgan fingerprint density at radius 2 is 1.10 bits per heavy atom. The van der Waals surface area contributed by atoms with Gasteiger partial charge < -0.3 is 9.47 Å². The molecule has 0 aromatic heterocycles. The van der Waals surface area contributed by atoms with Crippen molar-refractivity contribution in [1.82, 2.24) is 0 Å². The van der Waals surface area contributed by atoms with Crippen LogP contribution in [0.3, 0.4) is 0 Å². The van der Waals surface area contributed by atoms with Crippen molar-refractivity contribution in [2.24, 2.45) is 23.7 Å². The minimum Gasteiger partial charge on any atom is -0.466 e. The van der Waals surface area contributed by atoms with Gasteiger partial charge in [0.1, 0.15) is 11.9 Å². The van der Waals surface area contributed by atoms with Crippen LogP contribution in [0.4, 0.5) is 0 Å². The van der Waals surface area contributed by atoms with E-state index in [2.05, 4.69) is 13.8 Å². The molecule has 0 amide bonds. The molecule has 2 unspecified atom stereocenters. The third-order valence-electron chi connectivity index (χ3n) is 12.6. The van der Waals surface area contributed by atoms with E-state index in [4.69, 9.17) is 9.47 Å². The van der Waals surface area contributed by atoms with Crippen LogP contribution in [-0.4, -0.2) is 41.4 Å². The van der Waals surface area contributed by atoms with Gasteiger partial charge in [-0.05, 0) is 87.2 Å². The van der Waals surface area contributed by atoms with Crippen molar-refractivity contribution < 1.29 is 23.9 Å². The van der Waals surface area contributed by atoms with Gasteiger partial charge >= 0.3 is 11.9 Å². The summed E-state index contributed by atoms with van der Waals surface area (Å²) in [5, 5.41) is 0.427. The van der Waals surface area contributed by atoms with Gasteiger partial charge in [0, 0.05) is 30.9 Å². The van der Waals surface area contributed by atoms with Crippen LogP contribution < -0.4 is 0 Å². The summed E-state index contributed by atoms with van der Waals surface area (Å²) in [6, 6.07) is 0. The van der Waals surface area contributed by atoms with Gasteiger partial charge in [0.15, 0.2) is 0 Å². The summed E-state index contributed by atoms with van der Waals surface area (Å²) < 4.78 is 11.8. The Balaban J connectivity index is 1.36. The number of hydrogen-bond donors (Lipinski definition) is 0. The third-order valence-corrected chi connectivity index (χ3v) is 14.1. The molecule has 3 saturated carbocycles. The van der Waals surface area contributed by atoms with E-state index in [0.717, 1.165) is 69.5 Å². The maximum Gasteiger partial charge on any atom is 0.306 e. The smallest absolute Gasteiger partial charge is 0.306 e. The molecule has 0 aliphatic heterocycles. The molecule has 4 atom stereocenters. The van der Waals surface area contributed by atoms with Gasteiger partial charge in [0.25, 0.3) is 0 Å². The van der Waals surface area contributed by atoms with Crippen LogP contribution in [0.1, 0.15) is 219 Å². The number of rotatable bonds is 28. The first kappa shape index (κ1) is 44.4. The number of thioether (sulfide) groups is 1. The fourth-order valence-electron chi connectivity index (χ4n) is 9.10. The van der Waals surface area contributed by atoms with Gasteiger partial charge in [0.05, 0.1) is 6.61 Å². The Hall–Kier alpha value is -1.04. The minimum atomic E-state index is -0.0267. The summed E-state index contributed by atoms with van der Waals surface area (Å²) in [6.45, 7) is 5.01. The summed E-state index contributed by atoms with van der Waals surface area (Å²) in [5.41, 5.74) is 0. The normalized spacial score (nSPS) is 21.6. The fraction of sp³-hybridized carbons (Fsp3) is 0.933. The molecule has 3 fully saturated rings. The van der Waals surface area contributed by atoms with Crippen molar-refractivity contribution in [2.45, 2.75) is 231 Å². The maximum absolute atomic E-state index is 13.2. The molecule has 0 bridgehead atoms. The standard InChI is InChI=1S/C45H80O5S/c1-3-5-9-17-39(33-35-49-44(47)31-27-37-19-11-7-12-20-37)25-29-41(46)30-26-40(18-10-6-4-2)34-36-51-43-24-16-15-23-42(43)50-45(48)32-28-38-21-13-8-14-22-38/h37-40,42-43H,3-36H2,1-2H3/t39?,40?,42-,43-/m1/s1. The SMILES string of the molecule is CCCCCC(CCOC(=O)CCC1CCCCC1)CCC(=O)CCC(CCCCC)CCS[C@@H]1CCCC[C@H]1OC(=O)CCC1CCCCC1. The molecule has 296 valence electrons. The number of hydrogen-bond acceptors (Lipinski definition) is 6. The topological polar surface area (TPSA) is 69.7 Å². The first-order chi connectivity index (χ1) is 25.0. The number of ketones is 1. The average molecular weight is 733 g/mol. The van der Waals surface area contributed by atoms with Crippen LogP contribution in [0, 0.1) is 23.7 Å². The highest BCUT2D eigenvalue weighted by atomic mass is 32.2. The van der Waals surface area contributed by atoms with Gasteiger partial charge in [0.2, 0.25) is 0 Å². The summed E-state index contributed by atoms with van der Waals surface area (Å²) in [4.78, 5) is 38.5. The van der Waals surface area contributed by atoms with Gasteiger partial charge in [-0.25, -0.2) is 0 Å². The van der Waals surface area contributed by atoms with Crippen LogP contribution in [-0.2, 0) is 23.9 Å². The lowest BCUT2D eigenvalue weighted by Crippen LogP contribution is -2.32. The molecule has 0 N–H and O–H groups in total. The van der Waals surface area contributed by atoms with Crippen LogP contribution in [0.5, 0.6) is 0 Å². The fourth-order valence-corrected chi connectivity index (χ4v) is 10.6. The number of Topliss-reactive ketones (excluding diaryl/α,β-unsaturated/α-hetero) is 1. The quantitative estimate of drug-likeness (QED) is 0.0589. The lowest BCUT2D eigenvalue weighted by molar-refractivity contribution is -0.150. The molecule has 0 radical (unpaired) electrons. The number of carbonyl (C=O) groups excluding carboxylic acids is 3. The van der Waals surface area contributed by atoms with Crippen LogP contribution in [0.15, 0.2) is 0 Å². The molecular formula is C45H80O5S. The zero-order valence-electron chi connectivity index (χ0n) is 33.5. The Bertz CT molecular complexity index is 910. The first-order valence-corrected chi connectivity index (χ1v) is 23.5. The Morgan fingerprint density at radius 3 is 1.69 bits per heavy atom. The zero-order chi connectivity index (χ0) is 36.4. The predicted molar refractivity (Wildman–Crippen MR) is 215 cm³/mol. The lowest BCUT2D eigenvalue weighted by Gasteiger charge is -2.31. The lowest BCUT2D eigenvalue weighted by atomic mass is 9.86.